The number of hydrogen-bond acceptors (Lipinski definition) is 9. The monoisotopic (exact) mass is 457 g/mol. The number of nitrogens with zero attached hydrogens (tertiary/aromatic N) is 2. The molecule has 0 bridgehead atoms. The Morgan fingerprint density at radius 1 is 1.06 bits per heavy atom. The predicted octanol–water partition coefficient (Wildman–Crippen LogP) is 3.38. The summed E-state index contributed by atoms with van der Waals surface area (Å²) in [6.45, 7) is 0.967. The van der Waals surface area contributed by atoms with E-state index in [-0.39, 0.29) is 10.6 Å². The smallest absolute Gasteiger partial charge is 0.279 e. The highest BCUT2D eigenvalue weighted by atomic mass is 32.2. The molecule has 9 nitrogen and oxygen atoms in total. The molecule has 31 heavy (non-hydrogen) atoms. The lowest BCUT2D eigenvalue weighted by Gasteiger charge is -2.18. The standard InChI is InChI=1S/C20H15N3O6S2/c1-31(25,26)12-3-4-13-18(9-12)30-20(21-13)22-19(24)14-10-16(29-23-14)11-2-5-15-17(8-11)28-7-6-27-15/h2-5,8-10H,6-7H2,1H3,(H,21,22,24). The Hall–Kier alpha value is -3.44. The summed E-state index contributed by atoms with van der Waals surface area (Å²) in [6, 6.07) is 11.5. The van der Waals surface area contributed by atoms with Crippen molar-refractivity contribution in [3.05, 3.63) is 48.2 Å². The fourth-order valence-electron chi connectivity index (χ4n) is 3.07. The largest absolute Gasteiger partial charge is 0.486 e. The van der Waals surface area contributed by atoms with Crippen molar-refractivity contribution in [2.45, 2.75) is 4.90 Å². The van der Waals surface area contributed by atoms with E-state index in [1.54, 1.807) is 24.3 Å². The molecule has 1 aliphatic rings. The summed E-state index contributed by atoms with van der Waals surface area (Å²) in [7, 11) is -3.33. The van der Waals surface area contributed by atoms with Crippen LogP contribution in [0.5, 0.6) is 11.5 Å². The fraction of sp³-hybridized carbons (Fsp3) is 0.150. The second-order valence-corrected chi connectivity index (χ2v) is 9.86. The third-order valence-electron chi connectivity index (χ3n) is 4.58. The minimum absolute atomic E-state index is 0.0842. The zero-order chi connectivity index (χ0) is 21.6. The SMILES string of the molecule is CS(=O)(=O)c1ccc2nc(NC(=O)c3cc(-c4ccc5c(c4)OCCO5)on3)sc2c1. The van der Waals surface area contributed by atoms with Crippen LogP contribution in [0.4, 0.5) is 5.13 Å². The number of rotatable bonds is 4. The molecule has 0 aliphatic carbocycles. The van der Waals surface area contributed by atoms with Crippen molar-refractivity contribution < 1.29 is 27.2 Å². The Bertz CT molecular complexity index is 1420. The van der Waals surface area contributed by atoms with Gasteiger partial charge >= 0.3 is 0 Å². The van der Waals surface area contributed by atoms with Crippen molar-refractivity contribution in [2.24, 2.45) is 0 Å². The molecule has 1 aliphatic heterocycles. The van der Waals surface area contributed by atoms with E-state index in [1.807, 2.05) is 0 Å². The van der Waals surface area contributed by atoms with Crippen molar-refractivity contribution in [2.75, 3.05) is 24.8 Å². The predicted molar refractivity (Wildman–Crippen MR) is 114 cm³/mol. The highest BCUT2D eigenvalue weighted by molar-refractivity contribution is 7.90. The number of thiazole rings is 1. The van der Waals surface area contributed by atoms with E-state index < -0.39 is 15.7 Å². The normalized spacial score (nSPS) is 13.3. The van der Waals surface area contributed by atoms with Gasteiger partial charge in [0.15, 0.2) is 37.9 Å². The third-order valence-corrected chi connectivity index (χ3v) is 6.62. The lowest BCUT2D eigenvalue weighted by atomic mass is 10.1. The van der Waals surface area contributed by atoms with Gasteiger partial charge in [-0.15, -0.1) is 0 Å². The van der Waals surface area contributed by atoms with Crippen LogP contribution in [-0.4, -0.2) is 43.9 Å². The van der Waals surface area contributed by atoms with Crippen LogP contribution in [0.3, 0.4) is 0 Å². The van der Waals surface area contributed by atoms with Gasteiger partial charge in [0.2, 0.25) is 0 Å². The number of ether oxygens (including phenoxy) is 2. The summed E-state index contributed by atoms with van der Waals surface area (Å²) >= 11 is 1.17. The first-order valence-corrected chi connectivity index (χ1v) is 11.9. The molecule has 4 aromatic rings. The van der Waals surface area contributed by atoms with Crippen LogP contribution < -0.4 is 14.8 Å². The zero-order valence-corrected chi connectivity index (χ0v) is 17.7. The second kappa shape index (κ2) is 7.36. The van der Waals surface area contributed by atoms with Gasteiger partial charge < -0.3 is 14.0 Å². The van der Waals surface area contributed by atoms with Crippen LogP contribution in [0.25, 0.3) is 21.5 Å². The number of carbonyl (C=O) groups is 1. The van der Waals surface area contributed by atoms with E-state index in [4.69, 9.17) is 14.0 Å². The molecule has 0 fully saturated rings. The van der Waals surface area contributed by atoms with Gasteiger partial charge in [-0.05, 0) is 36.4 Å². The summed E-state index contributed by atoms with van der Waals surface area (Å²) in [5.74, 6) is 1.18. The van der Waals surface area contributed by atoms with Crippen molar-refractivity contribution >= 4 is 42.4 Å². The van der Waals surface area contributed by atoms with Crippen molar-refractivity contribution in [3.63, 3.8) is 0 Å². The Morgan fingerprint density at radius 2 is 1.87 bits per heavy atom. The Balaban J connectivity index is 1.36. The van der Waals surface area contributed by atoms with E-state index in [0.29, 0.717) is 51.4 Å². The van der Waals surface area contributed by atoms with Crippen molar-refractivity contribution in [1.82, 2.24) is 10.1 Å². The van der Waals surface area contributed by atoms with Gasteiger partial charge in [0, 0.05) is 17.9 Å². The maximum absolute atomic E-state index is 12.6. The summed E-state index contributed by atoms with van der Waals surface area (Å²) in [6.07, 6.45) is 1.14. The van der Waals surface area contributed by atoms with Crippen LogP contribution in [0.15, 0.2) is 51.9 Å². The number of carbonyl (C=O) groups excluding carboxylic acids is 1. The average molecular weight is 457 g/mol. The molecule has 1 amide bonds. The second-order valence-electron chi connectivity index (χ2n) is 6.81. The molecule has 1 N–H and O–H groups in total. The third kappa shape index (κ3) is 3.84. The number of fused-ring (bicyclic) bond motifs is 2. The first kappa shape index (κ1) is 19.5. The van der Waals surface area contributed by atoms with Gasteiger partial charge in [-0.1, -0.05) is 16.5 Å². The molecule has 2 aromatic carbocycles. The minimum Gasteiger partial charge on any atom is -0.486 e. The van der Waals surface area contributed by atoms with Crippen molar-refractivity contribution in [3.8, 4) is 22.8 Å². The maximum atomic E-state index is 12.6. The van der Waals surface area contributed by atoms with E-state index in [2.05, 4.69) is 15.5 Å². The zero-order valence-electron chi connectivity index (χ0n) is 16.1. The number of amides is 1. The lowest BCUT2D eigenvalue weighted by Crippen LogP contribution is -2.15. The Labute approximate surface area is 180 Å². The number of hydrogen-bond donors (Lipinski definition) is 1. The molecule has 5 rings (SSSR count). The van der Waals surface area contributed by atoms with Gasteiger partial charge in [-0.25, -0.2) is 13.4 Å². The fourth-order valence-corrected chi connectivity index (χ4v) is 4.69. The van der Waals surface area contributed by atoms with Gasteiger partial charge in [-0.2, -0.15) is 0 Å². The summed E-state index contributed by atoms with van der Waals surface area (Å²) in [5.41, 5.74) is 1.37. The lowest BCUT2D eigenvalue weighted by molar-refractivity contribution is 0.101. The van der Waals surface area contributed by atoms with Crippen LogP contribution >= 0.6 is 11.3 Å². The topological polar surface area (TPSA) is 121 Å². The Morgan fingerprint density at radius 3 is 2.68 bits per heavy atom. The van der Waals surface area contributed by atoms with Crippen LogP contribution in [-0.2, 0) is 9.84 Å². The number of nitrogens with one attached hydrogen (secondary N) is 1. The molecule has 2 aromatic heterocycles. The Kier molecular flexibility index (Phi) is 4.63. The molecule has 0 unspecified atom stereocenters. The minimum atomic E-state index is -3.33. The number of benzene rings is 2. The van der Waals surface area contributed by atoms with Crippen LogP contribution in [0.2, 0.25) is 0 Å². The molecule has 158 valence electrons. The van der Waals surface area contributed by atoms with E-state index in [9.17, 15) is 13.2 Å². The van der Waals surface area contributed by atoms with Gasteiger partial charge in [0.1, 0.15) is 13.2 Å². The molecule has 0 radical (unpaired) electrons. The quantitative estimate of drug-likeness (QED) is 0.495. The molecule has 0 atom stereocenters. The highest BCUT2D eigenvalue weighted by Gasteiger charge is 2.19. The van der Waals surface area contributed by atoms with Crippen molar-refractivity contribution in [1.29, 1.82) is 0 Å². The summed E-state index contributed by atoms with van der Waals surface area (Å²) < 4.78 is 40.5. The molecular formula is C20H15N3O6S2. The summed E-state index contributed by atoms with van der Waals surface area (Å²) in [4.78, 5) is 17.1. The van der Waals surface area contributed by atoms with E-state index >= 15 is 0 Å². The molecule has 0 saturated heterocycles. The van der Waals surface area contributed by atoms with Gasteiger partial charge in [0.25, 0.3) is 5.91 Å². The van der Waals surface area contributed by atoms with E-state index in [0.717, 1.165) is 6.26 Å². The van der Waals surface area contributed by atoms with Crippen LogP contribution in [0, 0.1) is 0 Å². The maximum Gasteiger partial charge on any atom is 0.279 e. The number of sulfone groups is 1. The summed E-state index contributed by atoms with van der Waals surface area (Å²) in [5, 5.41) is 6.84. The molecular weight excluding hydrogens is 442 g/mol. The van der Waals surface area contributed by atoms with E-state index in [1.165, 1.54) is 29.5 Å². The molecule has 11 heteroatoms. The first-order chi connectivity index (χ1) is 14.9. The number of aromatic nitrogens is 2. The van der Waals surface area contributed by atoms with Gasteiger partial charge in [-0.3, -0.25) is 10.1 Å². The molecule has 0 spiro atoms. The highest BCUT2D eigenvalue weighted by Crippen LogP contribution is 2.35. The molecule has 3 heterocycles. The van der Waals surface area contributed by atoms with Crippen LogP contribution in [0.1, 0.15) is 10.5 Å². The number of anilines is 1. The average Bonchev–Trinajstić information content (AvgIpc) is 3.39. The molecule has 0 saturated carbocycles. The first-order valence-electron chi connectivity index (χ1n) is 9.15. The van der Waals surface area contributed by atoms with Gasteiger partial charge in [0.05, 0.1) is 15.1 Å².